The van der Waals surface area contributed by atoms with Crippen LogP contribution in [0.15, 0.2) is 41.0 Å². The van der Waals surface area contributed by atoms with E-state index in [4.69, 9.17) is 4.63 Å². The van der Waals surface area contributed by atoms with Gasteiger partial charge in [-0.25, -0.2) is 13.4 Å². The van der Waals surface area contributed by atoms with Gasteiger partial charge in [0.25, 0.3) is 0 Å². The highest BCUT2D eigenvalue weighted by molar-refractivity contribution is 5.73. The van der Waals surface area contributed by atoms with Crippen LogP contribution in [0.5, 0.6) is 0 Å². The van der Waals surface area contributed by atoms with Crippen molar-refractivity contribution in [3.63, 3.8) is 0 Å². The van der Waals surface area contributed by atoms with Gasteiger partial charge in [0.15, 0.2) is 11.6 Å². The van der Waals surface area contributed by atoms with Crippen molar-refractivity contribution in [3.05, 3.63) is 64.9 Å². The predicted molar refractivity (Wildman–Crippen MR) is 93.6 cm³/mol. The maximum absolute atomic E-state index is 13.6. The zero-order valence-electron chi connectivity index (χ0n) is 14.2. The number of nitrogens with one attached hydrogen (secondary N) is 1. The summed E-state index contributed by atoms with van der Waals surface area (Å²) in [5.41, 5.74) is 5.89. The first kappa shape index (κ1) is 16.1. The number of H-pyrrole nitrogens is 1. The molecule has 1 aliphatic rings. The molecule has 0 saturated heterocycles. The largest absolute Gasteiger partial charge is 0.294 e. The van der Waals surface area contributed by atoms with E-state index in [-0.39, 0.29) is 0 Å². The zero-order valence-corrected chi connectivity index (χ0v) is 14.2. The van der Waals surface area contributed by atoms with Gasteiger partial charge in [0.1, 0.15) is 11.0 Å². The molecule has 0 radical (unpaired) electrons. The van der Waals surface area contributed by atoms with Crippen LogP contribution in [-0.4, -0.2) is 32.0 Å². The van der Waals surface area contributed by atoms with Crippen LogP contribution >= 0.6 is 0 Å². The van der Waals surface area contributed by atoms with Crippen molar-refractivity contribution < 1.29 is 13.4 Å². The number of hydrogen-bond donors (Lipinski definition) is 1. The van der Waals surface area contributed by atoms with E-state index in [1.807, 2.05) is 18.2 Å². The van der Waals surface area contributed by atoms with Crippen molar-refractivity contribution in [2.24, 2.45) is 0 Å². The Bertz CT molecular complexity index is 1140. The van der Waals surface area contributed by atoms with Gasteiger partial charge in [-0.2, -0.15) is 5.10 Å². The molecule has 8 heteroatoms. The Kier molecular flexibility index (Phi) is 3.71. The molecule has 3 heterocycles. The standard InChI is InChI=1S/C19H15F2N5O/c20-14-3-2-12(8-15(14)21)19-13-10-26(6-5-16(13)22-23-19)9-11-1-4-17-18(7-11)25-27-24-17/h1-4,7-8H,5-6,9-10H2,(H,22,23). The molecular formula is C19H15F2N5O. The topological polar surface area (TPSA) is 70.8 Å². The minimum absolute atomic E-state index is 0.573. The van der Waals surface area contributed by atoms with Gasteiger partial charge in [-0.1, -0.05) is 6.07 Å². The molecule has 0 saturated carbocycles. The van der Waals surface area contributed by atoms with E-state index < -0.39 is 11.6 Å². The fourth-order valence-electron chi connectivity index (χ4n) is 3.55. The molecule has 1 N–H and O–H groups in total. The molecule has 6 nitrogen and oxygen atoms in total. The van der Waals surface area contributed by atoms with Gasteiger partial charge in [-0.05, 0) is 46.2 Å². The average molecular weight is 367 g/mol. The number of aromatic amines is 1. The van der Waals surface area contributed by atoms with Crippen molar-refractivity contribution in [2.75, 3.05) is 6.54 Å². The number of fused-ring (bicyclic) bond motifs is 2. The lowest BCUT2D eigenvalue weighted by molar-refractivity contribution is 0.245. The smallest absolute Gasteiger partial charge is 0.159 e. The van der Waals surface area contributed by atoms with E-state index in [2.05, 4.69) is 25.4 Å². The summed E-state index contributed by atoms with van der Waals surface area (Å²) >= 11 is 0. The Hall–Kier alpha value is -3.13. The quantitative estimate of drug-likeness (QED) is 0.601. The van der Waals surface area contributed by atoms with Crippen molar-refractivity contribution in [1.82, 2.24) is 25.4 Å². The van der Waals surface area contributed by atoms with Crippen molar-refractivity contribution >= 4 is 11.0 Å². The number of rotatable bonds is 3. The SMILES string of the molecule is Fc1ccc(-c2n[nH]c3c2CN(Cc2ccc4nonc4c2)CC3)cc1F. The number of hydrogen-bond acceptors (Lipinski definition) is 5. The molecule has 0 spiro atoms. The van der Waals surface area contributed by atoms with Crippen LogP contribution in [0.2, 0.25) is 0 Å². The van der Waals surface area contributed by atoms with Gasteiger partial charge in [-0.15, -0.1) is 0 Å². The van der Waals surface area contributed by atoms with Gasteiger partial charge < -0.3 is 0 Å². The van der Waals surface area contributed by atoms with Crippen LogP contribution < -0.4 is 0 Å². The Balaban J connectivity index is 1.41. The first-order valence-electron chi connectivity index (χ1n) is 8.62. The van der Waals surface area contributed by atoms with E-state index >= 15 is 0 Å². The van der Waals surface area contributed by atoms with Gasteiger partial charge in [0, 0.05) is 42.9 Å². The minimum atomic E-state index is -0.869. The summed E-state index contributed by atoms with van der Waals surface area (Å²) in [5, 5.41) is 15.1. The average Bonchev–Trinajstić information content (AvgIpc) is 3.30. The third kappa shape index (κ3) is 2.87. The molecule has 136 valence electrons. The van der Waals surface area contributed by atoms with Crippen LogP contribution in [0.3, 0.4) is 0 Å². The lowest BCUT2D eigenvalue weighted by Crippen LogP contribution is -2.30. The summed E-state index contributed by atoms with van der Waals surface area (Å²) in [6.07, 6.45) is 0.819. The van der Waals surface area contributed by atoms with Gasteiger partial charge >= 0.3 is 0 Å². The second kappa shape index (κ2) is 6.24. The lowest BCUT2D eigenvalue weighted by atomic mass is 10.0. The van der Waals surface area contributed by atoms with E-state index in [0.717, 1.165) is 53.4 Å². The first-order valence-corrected chi connectivity index (χ1v) is 8.62. The van der Waals surface area contributed by atoms with Gasteiger partial charge in [-0.3, -0.25) is 10.00 Å². The van der Waals surface area contributed by atoms with Crippen molar-refractivity contribution in [2.45, 2.75) is 19.5 Å². The molecule has 0 fully saturated rings. The lowest BCUT2D eigenvalue weighted by Gasteiger charge is -2.27. The van der Waals surface area contributed by atoms with E-state index in [1.54, 1.807) is 6.07 Å². The molecule has 2 aromatic carbocycles. The van der Waals surface area contributed by atoms with E-state index in [0.29, 0.717) is 17.8 Å². The van der Waals surface area contributed by atoms with Crippen molar-refractivity contribution in [1.29, 1.82) is 0 Å². The zero-order chi connectivity index (χ0) is 18.4. The molecular weight excluding hydrogens is 352 g/mol. The second-order valence-corrected chi connectivity index (χ2v) is 6.71. The monoisotopic (exact) mass is 367 g/mol. The second-order valence-electron chi connectivity index (χ2n) is 6.71. The summed E-state index contributed by atoms with van der Waals surface area (Å²) in [5.74, 6) is -1.73. The molecule has 4 aromatic rings. The van der Waals surface area contributed by atoms with Crippen LogP contribution in [-0.2, 0) is 19.5 Å². The Labute approximate surface area is 152 Å². The van der Waals surface area contributed by atoms with Gasteiger partial charge in [0.2, 0.25) is 0 Å². The maximum Gasteiger partial charge on any atom is 0.159 e. The fraction of sp³-hybridized carbons (Fsp3) is 0.211. The Morgan fingerprint density at radius 2 is 1.93 bits per heavy atom. The highest BCUT2D eigenvalue weighted by Crippen LogP contribution is 2.30. The molecule has 2 aromatic heterocycles. The normalized spacial score (nSPS) is 14.6. The Morgan fingerprint density at radius 3 is 2.81 bits per heavy atom. The fourth-order valence-corrected chi connectivity index (χ4v) is 3.55. The minimum Gasteiger partial charge on any atom is -0.294 e. The van der Waals surface area contributed by atoms with Crippen molar-refractivity contribution in [3.8, 4) is 11.3 Å². The number of aromatic nitrogens is 4. The molecule has 0 unspecified atom stereocenters. The van der Waals surface area contributed by atoms with Crippen LogP contribution in [0.1, 0.15) is 16.8 Å². The number of nitrogens with zero attached hydrogens (tertiary/aromatic N) is 4. The summed E-state index contributed by atoms with van der Waals surface area (Å²) in [4.78, 5) is 2.29. The Morgan fingerprint density at radius 1 is 1.04 bits per heavy atom. The molecule has 0 aliphatic carbocycles. The molecule has 0 bridgehead atoms. The van der Waals surface area contributed by atoms with Gasteiger partial charge in [0.05, 0.1) is 5.69 Å². The summed E-state index contributed by atoms with van der Waals surface area (Å²) in [6, 6.07) is 9.74. The summed E-state index contributed by atoms with van der Waals surface area (Å²) in [6.45, 7) is 2.29. The highest BCUT2D eigenvalue weighted by atomic mass is 19.2. The van der Waals surface area contributed by atoms with Crippen LogP contribution in [0.25, 0.3) is 22.3 Å². The predicted octanol–water partition coefficient (Wildman–Crippen LogP) is 3.45. The molecule has 0 atom stereocenters. The molecule has 0 amide bonds. The molecule has 5 rings (SSSR count). The third-order valence-electron chi connectivity index (χ3n) is 4.93. The molecule has 27 heavy (non-hydrogen) atoms. The van der Waals surface area contributed by atoms with Crippen LogP contribution in [0, 0.1) is 11.6 Å². The number of halogens is 2. The third-order valence-corrected chi connectivity index (χ3v) is 4.93. The summed E-state index contributed by atoms with van der Waals surface area (Å²) in [7, 11) is 0. The van der Waals surface area contributed by atoms with E-state index in [1.165, 1.54) is 6.07 Å². The van der Waals surface area contributed by atoms with Crippen LogP contribution in [0.4, 0.5) is 8.78 Å². The summed E-state index contributed by atoms with van der Waals surface area (Å²) < 4.78 is 31.6. The maximum atomic E-state index is 13.6. The first-order chi connectivity index (χ1) is 13.2. The highest BCUT2D eigenvalue weighted by Gasteiger charge is 2.23. The van der Waals surface area contributed by atoms with E-state index in [9.17, 15) is 8.78 Å². The number of benzene rings is 2. The molecule has 1 aliphatic heterocycles.